The molecule has 0 heterocycles. The van der Waals surface area contributed by atoms with Gasteiger partial charge in [-0.25, -0.2) is 0 Å². The highest BCUT2D eigenvalue weighted by molar-refractivity contribution is 5.95. The molecule has 2 N–H and O–H groups in total. The molecule has 1 amide bonds. The standard InChI is InChI=1S/C22H25NO5/c1-27-20-13-16(11-12-19(20)28-17-9-5-6-10-17)22(26)23-18(14-21(24)25)15-7-3-2-4-8-15/h2-4,7-8,11-13,17-18H,5-6,9-10,14H2,1H3,(H,23,26)(H,24,25). The third kappa shape index (κ3) is 5.03. The number of aliphatic carboxylic acids is 1. The Labute approximate surface area is 164 Å². The molecule has 1 fully saturated rings. The number of ether oxygens (including phenoxy) is 2. The Bertz CT molecular complexity index is 815. The maximum atomic E-state index is 12.7. The second-order valence-corrected chi connectivity index (χ2v) is 6.92. The van der Waals surface area contributed by atoms with Crippen LogP contribution in [0.4, 0.5) is 0 Å². The van der Waals surface area contributed by atoms with Crippen molar-refractivity contribution in [1.29, 1.82) is 0 Å². The summed E-state index contributed by atoms with van der Waals surface area (Å²) in [5.74, 6) is -0.224. The topological polar surface area (TPSA) is 84.9 Å². The molecule has 3 rings (SSSR count). The normalized spacial score (nSPS) is 15.0. The minimum atomic E-state index is -0.980. The van der Waals surface area contributed by atoms with Crippen molar-refractivity contribution in [1.82, 2.24) is 5.32 Å². The highest BCUT2D eigenvalue weighted by Crippen LogP contribution is 2.32. The lowest BCUT2D eigenvalue weighted by molar-refractivity contribution is -0.137. The molecular formula is C22H25NO5. The second kappa shape index (κ2) is 9.26. The molecule has 28 heavy (non-hydrogen) atoms. The average Bonchev–Trinajstić information content (AvgIpc) is 3.21. The molecule has 0 saturated heterocycles. The van der Waals surface area contributed by atoms with Gasteiger partial charge in [-0.05, 0) is 49.4 Å². The van der Waals surface area contributed by atoms with Gasteiger partial charge in [0.15, 0.2) is 11.5 Å². The molecule has 6 nitrogen and oxygen atoms in total. The van der Waals surface area contributed by atoms with Gasteiger partial charge in [0.05, 0.1) is 25.7 Å². The number of hydrogen-bond donors (Lipinski definition) is 2. The van der Waals surface area contributed by atoms with Gasteiger partial charge in [0.2, 0.25) is 0 Å². The Balaban J connectivity index is 1.75. The molecule has 0 radical (unpaired) electrons. The molecule has 6 heteroatoms. The van der Waals surface area contributed by atoms with Gasteiger partial charge in [0, 0.05) is 5.56 Å². The maximum absolute atomic E-state index is 12.7. The summed E-state index contributed by atoms with van der Waals surface area (Å²) in [4.78, 5) is 24.0. The second-order valence-electron chi connectivity index (χ2n) is 6.92. The Morgan fingerprint density at radius 3 is 2.46 bits per heavy atom. The molecule has 1 saturated carbocycles. The fourth-order valence-electron chi connectivity index (χ4n) is 3.45. The third-order valence-corrected chi connectivity index (χ3v) is 4.91. The fraction of sp³-hybridized carbons (Fsp3) is 0.364. The summed E-state index contributed by atoms with van der Waals surface area (Å²) in [6.45, 7) is 0. The molecule has 0 aromatic heterocycles. The van der Waals surface area contributed by atoms with E-state index in [-0.39, 0.29) is 18.4 Å². The molecule has 0 aliphatic heterocycles. The van der Waals surface area contributed by atoms with Crippen molar-refractivity contribution in [2.24, 2.45) is 0 Å². The van der Waals surface area contributed by atoms with Crippen LogP contribution in [0, 0.1) is 0 Å². The predicted molar refractivity (Wildman–Crippen MR) is 105 cm³/mol. The van der Waals surface area contributed by atoms with E-state index in [0.717, 1.165) is 31.2 Å². The van der Waals surface area contributed by atoms with Crippen molar-refractivity contribution < 1.29 is 24.2 Å². The number of rotatable bonds is 8. The van der Waals surface area contributed by atoms with E-state index in [4.69, 9.17) is 9.47 Å². The zero-order valence-electron chi connectivity index (χ0n) is 15.9. The molecule has 2 aromatic rings. The first-order chi connectivity index (χ1) is 13.6. The van der Waals surface area contributed by atoms with Crippen molar-refractivity contribution in [2.75, 3.05) is 7.11 Å². The van der Waals surface area contributed by atoms with Crippen molar-refractivity contribution in [2.45, 2.75) is 44.2 Å². The summed E-state index contributed by atoms with van der Waals surface area (Å²) >= 11 is 0. The van der Waals surface area contributed by atoms with Crippen molar-refractivity contribution in [3.05, 3.63) is 59.7 Å². The highest BCUT2D eigenvalue weighted by Gasteiger charge is 2.21. The smallest absolute Gasteiger partial charge is 0.305 e. The van der Waals surface area contributed by atoms with Crippen LogP contribution >= 0.6 is 0 Å². The number of methoxy groups -OCH3 is 1. The molecule has 1 aliphatic rings. The average molecular weight is 383 g/mol. The lowest BCUT2D eigenvalue weighted by atomic mass is 10.0. The zero-order valence-corrected chi connectivity index (χ0v) is 15.9. The van der Waals surface area contributed by atoms with Gasteiger partial charge >= 0.3 is 5.97 Å². The van der Waals surface area contributed by atoms with Crippen LogP contribution in [0.3, 0.4) is 0 Å². The molecule has 2 aromatic carbocycles. The maximum Gasteiger partial charge on any atom is 0.305 e. The molecule has 1 aliphatic carbocycles. The van der Waals surface area contributed by atoms with Gasteiger partial charge in [0.1, 0.15) is 0 Å². The lowest BCUT2D eigenvalue weighted by Gasteiger charge is -2.19. The first kappa shape index (κ1) is 19.7. The predicted octanol–water partition coefficient (Wildman–Crippen LogP) is 3.96. The van der Waals surface area contributed by atoms with E-state index in [2.05, 4.69) is 5.32 Å². The van der Waals surface area contributed by atoms with Crippen LogP contribution in [0.15, 0.2) is 48.5 Å². The van der Waals surface area contributed by atoms with Crippen LogP contribution in [-0.2, 0) is 4.79 Å². The van der Waals surface area contributed by atoms with Crippen molar-refractivity contribution in [3.8, 4) is 11.5 Å². The van der Waals surface area contributed by atoms with Gasteiger partial charge in [-0.1, -0.05) is 30.3 Å². The number of carbonyl (C=O) groups excluding carboxylic acids is 1. The van der Waals surface area contributed by atoms with E-state index >= 15 is 0 Å². The van der Waals surface area contributed by atoms with E-state index in [1.165, 1.54) is 7.11 Å². The summed E-state index contributed by atoms with van der Waals surface area (Å²) < 4.78 is 11.4. The number of carbonyl (C=O) groups is 2. The number of hydrogen-bond acceptors (Lipinski definition) is 4. The SMILES string of the molecule is COc1cc(C(=O)NC(CC(=O)O)c2ccccc2)ccc1OC1CCCC1. The zero-order chi connectivity index (χ0) is 19.9. The van der Waals surface area contributed by atoms with E-state index in [1.807, 2.05) is 18.2 Å². The van der Waals surface area contributed by atoms with Gasteiger partial charge < -0.3 is 19.9 Å². The number of nitrogens with one attached hydrogen (secondary N) is 1. The number of amides is 1. The molecule has 1 unspecified atom stereocenters. The first-order valence-electron chi connectivity index (χ1n) is 9.49. The van der Waals surface area contributed by atoms with Crippen LogP contribution < -0.4 is 14.8 Å². The van der Waals surface area contributed by atoms with Crippen LogP contribution in [0.25, 0.3) is 0 Å². The molecule has 0 spiro atoms. The summed E-state index contributed by atoms with van der Waals surface area (Å²) in [5, 5.41) is 12.0. The monoisotopic (exact) mass is 383 g/mol. The Kier molecular flexibility index (Phi) is 6.53. The fourth-order valence-corrected chi connectivity index (χ4v) is 3.45. The van der Waals surface area contributed by atoms with Gasteiger partial charge in [-0.15, -0.1) is 0 Å². The van der Waals surface area contributed by atoms with Gasteiger partial charge in [0.25, 0.3) is 5.91 Å². The van der Waals surface area contributed by atoms with Crippen molar-refractivity contribution >= 4 is 11.9 Å². The van der Waals surface area contributed by atoms with E-state index in [9.17, 15) is 14.7 Å². The van der Waals surface area contributed by atoms with Crippen LogP contribution in [0.5, 0.6) is 11.5 Å². The number of carboxylic acids is 1. The molecular weight excluding hydrogens is 358 g/mol. The highest BCUT2D eigenvalue weighted by atomic mass is 16.5. The van der Waals surface area contributed by atoms with Crippen LogP contribution in [-0.4, -0.2) is 30.2 Å². The Morgan fingerprint density at radius 2 is 1.82 bits per heavy atom. The van der Waals surface area contributed by atoms with E-state index in [0.29, 0.717) is 17.1 Å². The molecule has 0 bridgehead atoms. The minimum absolute atomic E-state index is 0.187. The quantitative estimate of drug-likeness (QED) is 0.721. The van der Waals surface area contributed by atoms with Crippen molar-refractivity contribution in [3.63, 3.8) is 0 Å². The van der Waals surface area contributed by atoms with Crippen LogP contribution in [0.2, 0.25) is 0 Å². The van der Waals surface area contributed by atoms with Crippen LogP contribution in [0.1, 0.15) is 54.1 Å². The molecule has 1 atom stereocenters. The minimum Gasteiger partial charge on any atom is -0.493 e. The summed E-state index contributed by atoms with van der Waals surface area (Å²) in [5.41, 5.74) is 1.13. The summed E-state index contributed by atoms with van der Waals surface area (Å²) in [7, 11) is 1.54. The number of carboxylic acid groups (broad SMARTS) is 1. The third-order valence-electron chi connectivity index (χ3n) is 4.91. The molecule has 148 valence electrons. The number of benzene rings is 2. The lowest BCUT2D eigenvalue weighted by Crippen LogP contribution is -2.30. The van der Waals surface area contributed by atoms with Gasteiger partial charge in [-0.3, -0.25) is 9.59 Å². The van der Waals surface area contributed by atoms with E-state index in [1.54, 1.807) is 30.3 Å². The summed E-state index contributed by atoms with van der Waals surface area (Å²) in [6.07, 6.45) is 4.37. The first-order valence-corrected chi connectivity index (χ1v) is 9.49. The van der Waals surface area contributed by atoms with E-state index < -0.39 is 12.0 Å². The van der Waals surface area contributed by atoms with Gasteiger partial charge in [-0.2, -0.15) is 0 Å². The Morgan fingerprint density at radius 1 is 1.11 bits per heavy atom. The largest absolute Gasteiger partial charge is 0.493 e. The Hall–Kier alpha value is -3.02. The summed E-state index contributed by atoms with van der Waals surface area (Å²) in [6, 6.07) is 13.5.